The Morgan fingerprint density at radius 2 is 1.32 bits per heavy atom. The van der Waals surface area contributed by atoms with Gasteiger partial charge in [0.2, 0.25) is 11.8 Å². The summed E-state index contributed by atoms with van der Waals surface area (Å²) in [5, 5.41) is 0. The van der Waals surface area contributed by atoms with Crippen molar-refractivity contribution >= 4 is 21.9 Å². The number of nitrogens with zero attached hydrogens (tertiary/aromatic N) is 3. The van der Waals surface area contributed by atoms with Crippen molar-refractivity contribution in [3.8, 4) is 5.88 Å². The third-order valence-corrected chi connectivity index (χ3v) is 7.17. The molecule has 0 unspecified atom stereocenters. The molecule has 0 bridgehead atoms. The van der Waals surface area contributed by atoms with E-state index in [4.69, 9.17) is 9.72 Å². The minimum atomic E-state index is 0.329. The highest BCUT2D eigenvalue weighted by Crippen LogP contribution is 2.33. The highest BCUT2D eigenvalue weighted by atomic mass is 79.9. The quantitative estimate of drug-likeness (QED) is 0.192. The Kier molecular flexibility index (Phi) is 13.5. The highest BCUT2D eigenvalue weighted by molar-refractivity contribution is 9.10. The first-order chi connectivity index (χ1) is 15.1. The first-order valence-electron chi connectivity index (χ1n) is 13.0. The molecule has 4 nitrogen and oxygen atoms in total. The van der Waals surface area contributed by atoms with Crippen LogP contribution in [-0.4, -0.2) is 30.2 Å². The van der Waals surface area contributed by atoms with Crippen LogP contribution >= 0.6 is 15.9 Å². The first-order valence-corrected chi connectivity index (χ1v) is 13.8. The van der Waals surface area contributed by atoms with E-state index in [1.807, 2.05) is 19.0 Å². The maximum absolute atomic E-state index is 6.11. The lowest BCUT2D eigenvalue weighted by molar-refractivity contribution is 0.113. The average Bonchev–Trinajstić information content (AvgIpc) is 2.72. The minimum Gasteiger partial charge on any atom is -0.473 e. The number of hydrogen-bond donors (Lipinski definition) is 0. The second-order valence-corrected chi connectivity index (χ2v) is 10.3. The maximum atomic E-state index is 6.11. The lowest BCUT2D eigenvalue weighted by atomic mass is 9.96. The fourth-order valence-electron chi connectivity index (χ4n) is 4.04. The van der Waals surface area contributed by atoms with Crippen molar-refractivity contribution in [3.05, 3.63) is 10.2 Å². The van der Waals surface area contributed by atoms with E-state index in [1.54, 1.807) is 0 Å². The van der Waals surface area contributed by atoms with E-state index in [0.29, 0.717) is 6.10 Å². The molecule has 0 aromatic carbocycles. The highest BCUT2D eigenvalue weighted by Gasteiger charge is 2.23. The summed E-state index contributed by atoms with van der Waals surface area (Å²) < 4.78 is 7.07. The van der Waals surface area contributed by atoms with Gasteiger partial charge in [-0.3, -0.25) is 0 Å². The van der Waals surface area contributed by atoms with Crippen molar-refractivity contribution in [2.75, 3.05) is 19.0 Å². The number of unbranched alkanes of at least 4 members (excludes halogenated alkanes) is 13. The van der Waals surface area contributed by atoms with Gasteiger partial charge in [-0.15, -0.1) is 0 Å². The van der Waals surface area contributed by atoms with Crippen LogP contribution in [0.4, 0.5) is 5.95 Å². The van der Waals surface area contributed by atoms with Crippen LogP contribution in [0.1, 0.15) is 122 Å². The topological polar surface area (TPSA) is 38.2 Å². The fraction of sp³-hybridized carbons (Fsp3) is 0.846. The van der Waals surface area contributed by atoms with E-state index >= 15 is 0 Å². The normalized spacial score (nSPS) is 13.9. The summed E-state index contributed by atoms with van der Waals surface area (Å²) >= 11 is 3.72. The van der Waals surface area contributed by atoms with Crippen LogP contribution in [0.25, 0.3) is 0 Å². The second kappa shape index (κ2) is 15.9. The van der Waals surface area contributed by atoms with Gasteiger partial charge in [0, 0.05) is 14.1 Å². The number of aryl methyl sites for hydroxylation is 1. The molecule has 1 aromatic heterocycles. The lowest BCUT2D eigenvalue weighted by Crippen LogP contribution is -2.26. The molecule has 0 aliphatic heterocycles. The van der Waals surface area contributed by atoms with Crippen LogP contribution in [0, 0.1) is 0 Å². The summed E-state index contributed by atoms with van der Waals surface area (Å²) in [4.78, 5) is 11.4. The van der Waals surface area contributed by atoms with E-state index in [0.717, 1.165) is 41.3 Å². The summed E-state index contributed by atoms with van der Waals surface area (Å²) in [7, 11) is 3.99. The molecule has 5 heteroatoms. The number of halogens is 1. The molecular formula is C26H46BrN3O. The van der Waals surface area contributed by atoms with Crippen molar-refractivity contribution in [1.82, 2.24) is 9.97 Å². The molecule has 178 valence electrons. The number of hydrogen-bond acceptors (Lipinski definition) is 4. The van der Waals surface area contributed by atoms with E-state index < -0.39 is 0 Å². The van der Waals surface area contributed by atoms with Gasteiger partial charge in [0.05, 0.1) is 5.69 Å². The van der Waals surface area contributed by atoms with Gasteiger partial charge in [0.15, 0.2) is 0 Å². The van der Waals surface area contributed by atoms with Crippen molar-refractivity contribution < 1.29 is 4.74 Å². The van der Waals surface area contributed by atoms with Crippen LogP contribution < -0.4 is 9.64 Å². The monoisotopic (exact) mass is 495 g/mol. The SMILES string of the molecule is CCCCCCCCCCCCCCCCc1nc(N(C)C)nc(OC2CCC2)c1Br. The molecule has 1 saturated carbocycles. The number of ether oxygens (including phenoxy) is 1. The third kappa shape index (κ3) is 10.5. The summed E-state index contributed by atoms with van der Waals surface area (Å²) in [6, 6.07) is 0. The lowest BCUT2D eigenvalue weighted by Gasteiger charge is -2.27. The summed E-state index contributed by atoms with van der Waals surface area (Å²) in [6.07, 6.45) is 24.3. The second-order valence-electron chi connectivity index (χ2n) is 9.50. The van der Waals surface area contributed by atoms with Crippen LogP contribution in [0.2, 0.25) is 0 Å². The Labute approximate surface area is 200 Å². The standard InChI is InChI=1S/C26H46BrN3O/c1-4-5-6-7-8-9-10-11-12-13-14-15-16-17-21-23-24(27)25(31-22-19-18-20-22)29-26(28-23)30(2)3/h22H,4-21H2,1-3H3. The smallest absolute Gasteiger partial charge is 0.233 e. The third-order valence-electron chi connectivity index (χ3n) is 6.38. The molecule has 0 saturated heterocycles. The van der Waals surface area contributed by atoms with E-state index in [1.165, 1.54) is 96.3 Å². The number of rotatable bonds is 18. The van der Waals surface area contributed by atoms with E-state index in [9.17, 15) is 0 Å². The summed E-state index contributed by atoms with van der Waals surface area (Å²) in [5.74, 6) is 1.47. The van der Waals surface area contributed by atoms with Crippen LogP contribution in [0.5, 0.6) is 5.88 Å². The Balaban J connectivity index is 1.57. The van der Waals surface area contributed by atoms with Gasteiger partial charge in [-0.2, -0.15) is 4.98 Å². The number of anilines is 1. The van der Waals surface area contributed by atoms with Gasteiger partial charge in [-0.05, 0) is 48.0 Å². The van der Waals surface area contributed by atoms with Gasteiger partial charge in [-0.1, -0.05) is 90.4 Å². The Morgan fingerprint density at radius 3 is 1.77 bits per heavy atom. The molecule has 1 aliphatic rings. The largest absolute Gasteiger partial charge is 0.473 e. The van der Waals surface area contributed by atoms with Gasteiger partial charge >= 0.3 is 0 Å². The van der Waals surface area contributed by atoms with Crippen LogP contribution in [-0.2, 0) is 6.42 Å². The summed E-state index contributed by atoms with van der Waals surface area (Å²) in [6.45, 7) is 2.29. The van der Waals surface area contributed by atoms with E-state index in [-0.39, 0.29) is 0 Å². The van der Waals surface area contributed by atoms with Crippen molar-refractivity contribution in [3.63, 3.8) is 0 Å². The van der Waals surface area contributed by atoms with Crippen LogP contribution in [0.3, 0.4) is 0 Å². The molecule has 1 aromatic rings. The molecule has 0 radical (unpaired) electrons. The molecule has 1 heterocycles. The Morgan fingerprint density at radius 1 is 0.806 bits per heavy atom. The predicted molar refractivity (Wildman–Crippen MR) is 136 cm³/mol. The maximum Gasteiger partial charge on any atom is 0.233 e. The molecule has 0 spiro atoms. The molecule has 2 rings (SSSR count). The van der Waals surface area contributed by atoms with Crippen LogP contribution in [0.15, 0.2) is 4.47 Å². The zero-order chi connectivity index (χ0) is 22.3. The van der Waals surface area contributed by atoms with E-state index in [2.05, 4.69) is 27.8 Å². The van der Waals surface area contributed by atoms with Crippen molar-refractivity contribution in [2.45, 2.75) is 129 Å². The number of aromatic nitrogens is 2. The average molecular weight is 497 g/mol. The zero-order valence-corrected chi connectivity index (χ0v) is 22.0. The molecule has 0 atom stereocenters. The Hall–Kier alpha value is -0.840. The minimum absolute atomic E-state index is 0.329. The fourth-order valence-corrected chi connectivity index (χ4v) is 4.50. The van der Waals surface area contributed by atoms with Crippen molar-refractivity contribution in [2.24, 2.45) is 0 Å². The predicted octanol–water partition coefficient (Wildman–Crippen LogP) is 8.26. The molecule has 1 aliphatic carbocycles. The molecule has 0 amide bonds. The van der Waals surface area contributed by atoms with Crippen molar-refractivity contribution in [1.29, 1.82) is 0 Å². The molecular weight excluding hydrogens is 450 g/mol. The van der Waals surface area contributed by atoms with Gasteiger partial charge < -0.3 is 9.64 Å². The summed E-state index contributed by atoms with van der Waals surface area (Å²) in [5.41, 5.74) is 1.09. The zero-order valence-electron chi connectivity index (χ0n) is 20.4. The Bertz CT molecular complexity index is 605. The molecule has 0 N–H and O–H groups in total. The van der Waals surface area contributed by atoms with Gasteiger partial charge in [0.1, 0.15) is 10.6 Å². The molecule has 31 heavy (non-hydrogen) atoms. The van der Waals surface area contributed by atoms with Gasteiger partial charge in [0.25, 0.3) is 0 Å². The first kappa shape index (κ1) is 26.4. The van der Waals surface area contributed by atoms with Gasteiger partial charge in [-0.25, -0.2) is 4.98 Å². The molecule has 1 fully saturated rings.